The van der Waals surface area contributed by atoms with Gasteiger partial charge in [-0.2, -0.15) is 0 Å². The number of likely N-dealkylation sites (tertiary alicyclic amines) is 1. The van der Waals surface area contributed by atoms with Gasteiger partial charge < -0.3 is 15.4 Å². The predicted molar refractivity (Wildman–Crippen MR) is 45.8 cm³/mol. The Labute approximate surface area is 76.8 Å². The van der Waals surface area contributed by atoms with E-state index in [2.05, 4.69) is 4.74 Å². The van der Waals surface area contributed by atoms with E-state index in [1.165, 1.54) is 4.90 Å². The van der Waals surface area contributed by atoms with E-state index in [0.29, 0.717) is 25.6 Å². The first-order valence-electron chi connectivity index (χ1n) is 4.35. The van der Waals surface area contributed by atoms with E-state index in [4.69, 9.17) is 5.73 Å². The normalized spacial score (nSPS) is 16.6. The molecule has 1 aliphatic rings. The number of nitrogens with zero attached hydrogens (tertiary/aromatic N) is 1. The minimum Gasteiger partial charge on any atom is -0.459 e. The van der Waals surface area contributed by atoms with Gasteiger partial charge >= 0.3 is 11.9 Å². The van der Waals surface area contributed by atoms with Gasteiger partial charge in [0.15, 0.2) is 0 Å². The monoisotopic (exact) mass is 186 g/mol. The summed E-state index contributed by atoms with van der Waals surface area (Å²) >= 11 is 0. The summed E-state index contributed by atoms with van der Waals surface area (Å²) in [5, 5.41) is 0. The molecule has 0 aromatic heterocycles. The van der Waals surface area contributed by atoms with E-state index < -0.39 is 11.9 Å². The van der Waals surface area contributed by atoms with Crippen molar-refractivity contribution in [3.63, 3.8) is 0 Å². The molecule has 0 spiro atoms. The van der Waals surface area contributed by atoms with Crippen molar-refractivity contribution in [2.75, 3.05) is 26.2 Å². The van der Waals surface area contributed by atoms with Crippen molar-refractivity contribution in [3.8, 4) is 0 Å². The first-order chi connectivity index (χ1) is 6.19. The van der Waals surface area contributed by atoms with Crippen LogP contribution in [0.4, 0.5) is 0 Å². The number of nitrogens with two attached hydrogens (primary N) is 1. The summed E-state index contributed by atoms with van der Waals surface area (Å²) < 4.78 is 4.57. The molecule has 0 saturated carbocycles. The first-order valence-corrected chi connectivity index (χ1v) is 4.35. The zero-order valence-electron chi connectivity index (χ0n) is 7.66. The molecule has 0 aliphatic carbocycles. The largest absolute Gasteiger partial charge is 0.459 e. The Morgan fingerprint density at radius 1 is 1.54 bits per heavy atom. The third-order valence-electron chi connectivity index (χ3n) is 2.03. The Balaban J connectivity index is 2.30. The van der Waals surface area contributed by atoms with Crippen molar-refractivity contribution in [2.24, 2.45) is 11.7 Å². The van der Waals surface area contributed by atoms with Crippen molar-refractivity contribution in [1.82, 2.24) is 4.90 Å². The number of ether oxygens (including phenoxy) is 1. The average molecular weight is 186 g/mol. The Bertz CT molecular complexity index is 211. The van der Waals surface area contributed by atoms with E-state index in [9.17, 15) is 9.59 Å². The minimum absolute atomic E-state index is 0.235. The van der Waals surface area contributed by atoms with Crippen LogP contribution in [0, 0.1) is 5.92 Å². The summed E-state index contributed by atoms with van der Waals surface area (Å²) in [5.74, 6) is -0.970. The summed E-state index contributed by atoms with van der Waals surface area (Å²) in [7, 11) is 0. The number of rotatable bonds is 2. The van der Waals surface area contributed by atoms with Gasteiger partial charge in [0, 0.05) is 19.0 Å². The van der Waals surface area contributed by atoms with E-state index in [1.54, 1.807) is 6.92 Å². The molecule has 1 rings (SSSR count). The summed E-state index contributed by atoms with van der Waals surface area (Å²) in [6, 6.07) is 0. The Hall–Kier alpha value is -1.10. The number of amides is 1. The Morgan fingerprint density at radius 2 is 2.15 bits per heavy atom. The molecule has 5 heteroatoms. The molecule has 0 bridgehead atoms. The molecule has 1 saturated heterocycles. The van der Waals surface area contributed by atoms with Crippen LogP contribution < -0.4 is 5.73 Å². The van der Waals surface area contributed by atoms with Crippen LogP contribution in [0.1, 0.15) is 6.92 Å². The van der Waals surface area contributed by atoms with E-state index in [-0.39, 0.29) is 6.61 Å². The van der Waals surface area contributed by atoms with Crippen LogP contribution in [0.2, 0.25) is 0 Å². The van der Waals surface area contributed by atoms with Crippen LogP contribution in [0.15, 0.2) is 0 Å². The Kier molecular flexibility index (Phi) is 3.25. The van der Waals surface area contributed by atoms with Gasteiger partial charge in [-0.15, -0.1) is 0 Å². The highest BCUT2D eigenvalue weighted by Crippen LogP contribution is 2.13. The molecule has 1 amide bonds. The van der Waals surface area contributed by atoms with Crippen molar-refractivity contribution >= 4 is 11.9 Å². The molecule has 0 aromatic carbocycles. The first kappa shape index (κ1) is 9.98. The molecule has 2 N–H and O–H groups in total. The van der Waals surface area contributed by atoms with Gasteiger partial charge in [0.05, 0.1) is 6.61 Å². The number of hydrogen-bond acceptors (Lipinski definition) is 4. The lowest BCUT2D eigenvalue weighted by molar-refractivity contribution is -0.163. The van der Waals surface area contributed by atoms with Gasteiger partial charge in [0.25, 0.3) is 0 Å². The maximum Gasteiger partial charge on any atom is 0.397 e. The van der Waals surface area contributed by atoms with Crippen LogP contribution in [0.3, 0.4) is 0 Å². The van der Waals surface area contributed by atoms with Gasteiger partial charge in [-0.05, 0) is 13.5 Å². The summed E-state index contributed by atoms with van der Waals surface area (Å²) in [5.41, 5.74) is 5.38. The topological polar surface area (TPSA) is 72.6 Å². The van der Waals surface area contributed by atoms with Crippen LogP contribution in [-0.2, 0) is 14.3 Å². The lowest BCUT2D eigenvalue weighted by atomic mass is 10.0. The smallest absolute Gasteiger partial charge is 0.397 e. The maximum absolute atomic E-state index is 11.2. The molecule has 0 aromatic rings. The average Bonchev–Trinajstić information content (AvgIpc) is 2.02. The predicted octanol–water partition coefficient (Wildman–Crippen LogP) is -1.03. The molecule has 0 atom stereocenters. The highest BCUT2D eigenvalue weighted by Gasteiger charge is 2.33. The van der Waals surface area contributed by atoms with Gasteiger partial charge in [-0.1, -0.05) is 0 Å². The third kappa shape index (κ3) is 2.18. The lowest BCUT2D eigenvalue weighted by Gasteiger charge is -2.37. The molecular weight excluding hydrogens is 172 g/mol. The zero-order valence-corrected chi connectivity index (χ0v) is 7.66. The summed E-state index contributed by atoms with van der Waals surface area (Å²) in [6.07, 6.45) is 0. The fourth-order valence-electron chi connectivity index (χ4n) is 1.21. The van der Waals surface area contributed by atoms with Crippen molar-refractivity contribution in [2.45, 2.75) is 6.92 Å². The standard InChI is InChI=1S/C8H14N2O3/c1-2-13-8(12)7(11)10-4-6(3-9)5-10/h6H,2-5,9H2,1H3. The van der Waals surface area contributed by atoms with Crippen LogP contribution in [0.5, 0.6) is 0 Å². The highest BCUT2D eigenvalue weighted by atomic mass is 16.5. The van der Waals surface area contributed by atoms with Gasteiger partial charge in [0.2, 0.25) is 0 Å². The molecule has 5 nitrogen and oxygen atoms in total. The van der Waals surface area contributed by atoms with Crippen molar-refractivity contribution in [1.29, 1.82) is 0 Å². The fraction of sp³-hybridized carbons (Fsp3) is 0.750. The van der Waals surface area contributed by atoms with Crippen LogP contribution in [0.25, 0.3) is 0 Å². The van der Waals surface area contributed by atoms with Crippen molar-refractivity contribution in [3.05, 3.63) is 0 Å². The second-order valence-corrected chi connectivity index (χ2v) is 3.03. The molecule has 74 valence electrons. The van der Waals surface area contributed by atoms with Crippen LogP contribution >= 0.6 is 0 Å². The maximum atomic E-state index is 11.2. The van der Waals surface area contributed by atoms with Gasteiger partial charge in [0.1, 0.15) is 0 Å². The van der Waals surface area contributed by atoms with Crippen LogP contribution in [-0.4, -0.2) is 43.0 Å². The number of carbonyl (C=O) groups is 2. The molecule has 1 fully saturated rings. The summed E-state index contributed by atoms with van der Waals surface area (Å²) in [6.45, 7) is 3.62. The van der Waals surface area contributed by atoms with E-state index in [1.807, 2.05) is 0 Å². The third-order valence-corrected chi connectivity index (χ3v) is 2.03. The Morgan fingerprint density at radius 3 is 2.62 bits per heavy atom. The second-order valence-electron chi connectivity index (χ2n) is 3.03. The van der Waals surface area contributed by atoms with E-state index >= 15 is 0 Å². The van der Waals surface area contributed by atoms with Gasteiger partial charge in [-0.25, -0.2) is 4.79 Å². The number of carbonyl (C=O) groups excluding carboxylic acids is 2. The highest BCUT2D eigenvalue weighted by molar-refractivity contribution is 6.32. The molecule has 1 aliphatic heterocycles. The quantitative estimate of drug-likeness (QED) is 0.442. The van der Waals surface area contributed by atoms with E-state index in [0.717, 1.165) is 0 Å². The molecular formula is C8H14N2O3. The molecule has 1 heterocycles. The summed E-state index contributed by atoms with van der Waals surface area (Å²) in [4.78, 5) is 23.6. The minimum atomic E-state index is -0.766. The lowest BCUT2D eigenvalue weighted by Crippen LogP contribution is -2.54. The molecule has 13 heavy (non-hydrogen) atoms. The zero-order chi connectivity index (χ0) is 9.84. The number of hydrogen-bond donors (Lipinski definition) is 1. The van der Waals surface area contributed by atoms with Gasteiger partial charge in [-0.3, -0.25) is 4.79 Å². The number of esters is 1. The fourth-order valence-corrected chi connectivity index (χ4v) is 1.21. The molecule has 0 radical (unpaired) electrons. The van der Waals surface area contributed by atoms with Crippen molar-refractivity contribution < 1.29 is 14.3 Å². The molecule has 0 unspecified atom stereocenters. The SMILES string of the molecule is CCOC(=O)C(=O)N1CC(CN)C1. The second kappa shape index (κ2) is 4.23.